The molecule has 1 aromatic heterocycles. The van der Waals surface area contributed by atoms with Crippen LogP contribution in [0.3, 0.4) is 0 Å². The normalized spacial score (nSPS) is 16.1. The topological polar surface area (TPSA) is 85.8 Å². The third-order valence-electron chi connectivity index (χ3n) is 3.91. The third-order valence-corrected chi connectivity index (χ3v) is 3.91. The second-order valence-corrected chi connectivity index (χ2v) is 5.96. The van der Waals surface area contributed by atoms with Gasteiger partial charge in [0.25, 0.3) is 0 Å². The molecule has 0 fully saturated rings. The molecule has 0 radical (unpaired) electrons. The van der Waals surface area contributed by atoms with E-state index in [1.54, 1.807) is 0 Å². The molecule has 1 aliphatic heterocycles. The highest BCUT2D eigenvalue weighted by atomic mass is 16.1. The van der Waals surface area contributed by atoms with Crippen LogP contribution in [0.25, 0.3) is 0 Å². The van der Waals surface area contributed by atoms with Crippen molar-refractivity contribution < 1.29 is 4.79 Å². The maximum atomic E-state index is 11.6. The third kappa shape index (κ3) is 5.12. The molecular formula is C15H27N5O. The summed E-state index contributed by atoms with van der Waals surface area (Å²) in [5, 5.41) is 11.5. The fourth-order valence-corrected chi connectivity index (χ4v) is 2.65. The minimum Gasteiger partial charge on any atom is -0.356 e. The van der Waals surface area contributed by atoms with E-state index in [2.05, 4.69) is 20.1 Å². The summed E-state index contributed by atoms with van der Waals surface area (Å²) in [4.78, 5) is 11.6. The number of aryl methyl sites for hydroxylation is 2. The van der Waals surface area contributed by atoms with Crippen molar-refractivity contribution >= 4 is 5.91 Å². The molecule has 0 aromatic carbocycles. The van der Waals surface area contributed by atoms with E-state index in [4.69, 9.17) is 5.73 Å². The number of hydrogen-bond donors (Lipinski definition) is 2. The first kappa shape index (κ1) is 15.9. The van der Waals surface area contributed by atoms with E-state index in [-0.39, 0.29) is 11.9 Å². The summed E-state index contributed by atoms with van der Waals surface area (Å²) in [6.45, 7) is 3.66. The molecule has 2 rings (SSSR count). The van der Waals surface area contributed by atoms with E-state index in [1.165, 1.54) is 19.3 Å². The Morgan fingerprint density at radius 1 is 1.38 bits per heavy atom. The number of carbonyl (C=O) groups is 1. The summed E-state index contributed by atoms with van der Waals surface area (Å²) in [6, 6.07) is 0.0854. The zero-order chi connectivity index (χ0) is 15.1. The first-order valence-corrected chi connectivity index (χ1v) is 8.10. The van der Waals surface area contributed by atoms with Crippen molar-refractivity contribution in [3.05, 3.63) is 11.6 Å². The quantitative estimate of drug-likeness (QED) is 0.739. The number of aromatic nitrogens is 3. The lowest BCUT2D eigenvalue weighted by molar-refractivity contribution is -0.121. The monoisotopic (exact) mass is 293 g/mol. The van der Waals surface area contributed by atoms with E-state index in [0.717, 1.165) is 43.9 Å². The van der Waals surface area contributed by atoms with Gasteiger partial charge >= 0.3 is 0 Å². The van der Waals surface area contributed by atoms with Crippen LogP contribution >= 0.6 is 0 Å². The fraction of sp³-hybridized carbons (Fsp3) is 0.800. The second kappa shape index (κ2) is 8.12. The molecular weight excluding hydrogens is 266 g/mol. The van der Waals surface area contributed by atoms with Gasteiger partial charge in [0, 0.05) is 38.4 Å². The molecule has 1 amide bonds. The molecule has 1 aliphatic rings. The smallest absolute Gasteiger partial charge is 0.220 e. The Balaban J connectivity index is 1.69. The summed E-state index contributed by atoms with van der Waals surface area (Å²) in [5.41, 5.74) is 5.64. The number of hydrogen-bond acceptors (Lipinski definition) is 4. The SMILES string of the molecule is CC(N)CCC(=O)NCCCc1nnc2n1CCCCC2. The minimum atomic E-state index is 0.0854. The Morgan fingerprint density at radius 3 is 3.05 bits per heavy atom. The highest BCUT2D eigenvalue weighted by molar-refractivity contribution is 5.75. The molecule has 0 bridgehead atoms. The van der Waals surface area contributed by atoms with Crippen molar-refractivity contribution in [2.75, 3.05) is 6.54 Å². The van der Waals surface area contributed by atoms with Gasteiger partial charge in [0.2, 0.25) is 5.91 Å². The highest BCUT2D eigenvalue weighted by Crippen LogP contribution is 2.15. The van der Waals surface area contributed by atoms with Crippen LogP contribution in [-0.2, 0) is 24.2 Å². The number of nitrogens with two attached hydrogens (primary N) is 1. The molecule has 21 heavy (non-hydrogen) atoms. The van der Waals surface area contributed by atoms with Gasteiger partial charge in [0.1, 0.15) is 11.6 Å². The lowest BCUT2D eigenvalue weighted by Gasteiger charge is -2.08. The lowest BCUT2D eigenvalue weighted by atomic mass is 10.2. The summed E-state index contributed by atoms with van der Waals surface area (Å²) in [7, 11) is 0. The van der Waals surface area contributed by atoms with Crippen molar-refractivity contribution in [2.24, 2.45) is 5.73 Å². The van der Waals surface area contributed by atoms with Gasteiger partial charge in [-0.05, 0) is 32.6 Å². The molecule has 0 saturated carbocycles. The molecule has 118 valence electrons. The number of amides is 1. The van der Waals surface area contributed by atoms with Gasteiger partial charge in [-0.2, -0.15) is 0 Å². The predicted octanol–water partition coefficient (Wildman–Crippen LogP) is 1.18. The van der Waals surface area contributed by atoms with Gasteiger partial charge in [-0.25, -0.2) is 0 Å². The van der Waals surface area contributed by atoms with Crippen molar-refractivity contribution in [1.82, 2.24) is 20.1 Å². The molecule has 0 saturated heterocycles. The largest absolute Gasteiger partial charge is 0.356 e. The summed E-state index contributed by atoms with van der Waals surface area (Å²) < 4.78 is 2.27. The highest BCUT2D eigenvalue weighted by Gasteiger charge is 2.14. The first-order chi connectivity index (χ1) is 10.2. The molecule has 0 spiro atoms. The van der Waals surface area contributed by atoms with E-state index in [9.17, 15) is 4.79 Å². The average Bonchev–Trinajstić information content (AvgIpc) is 2.69. The van der Waals surface area contributed by atoms with Gasteiger partial charge in [-0.3, -0.25) is 4.79 Å². The number of rotatable bonds is 7. The zero-order valence-corrected chi connectivity index (χ0v) is 13.0. The number of fused-ring (bicyclic) bond motifs is 1. The second-order valence-electron chi connectivity index (χ2n) is 5.96. The Kier molecular flexibility index (Phi) is 6.17. The predicted molar refractivity (Wildman–Crippen MR) is 81.8 cm³/mol. The maximum Gasteiger partial charge on any atom is 0.220 e. The van der Waals surface area contributed by atoms with Gasteiger partial charge in [-0.1, -0.05) is 6.42 Å². The van der Waals surface area contributed by atoms with Gasteiger partial charge in [-0.15, -0.1) is 10.2 Å². The van der Waals surface area contributed by atoms with Crippen molar-refractivity contribution in [3.8, 4) is 0 Å². The van der Waals surface area contributed by atoms with E-state index < -0.39 is 0 Å². The summed E-state index contributed by atoms with van der Waals surface area (Å²) in [6.07, 6.45) is 7.78. The van der Waals surface area contributed by atoms with Gasteiger partial charge < -0.3 is 15.6 Å². The number of nitrogens with one attached hydrogen (secondary N) is 1. The van der Waals surface area contributed by atoms with Gasteiger partial charge in [0.15, 0.2) is 0 Å². The summed E-state index contributed by atoms with van der Waals surface area (Å²) in [5.74, 6) is 2.28. The zero-order valence-electron chi connectivity index (χ0n) is 13.0. The first-order valence-electron chi connectivity index (χ1n) is 8.10. The van der Waals surface area contributed by atoms with Crippen LogP contribution in [0.1, 0.15) is 57.1 Å². The van der Waals surface area contributed by atoms with Crippen LogP contribution in [-0.4, -0.2) is 33.3 Å². The van der Waals surface area contributed by atoms with Crippen LogP contribution in [0, 0.1) is 0 Å². The lowest BCUT2D eigenvalue weighted by Crippen LogP contribution is -2.27. The van der Waals surface area contributed by atoms with Crippen LogP contribution in [0.5, 0.6) is 0 Å². The molecule has 6 heteroatoms. The van der Waals surface area contributed by atoms with E-state index >= 15 is 0 Å². The molecule has 0 aliphatic carbocycles. The van der Waals surface area contributed by atoms with Crippen LogP contribution in [0.2, 0.25) is 0 Å². The number of carbonyl (C=O) groups excluding carboxylic acids is 1. The van der Waals surface area contributed by atoms with Crippen LogP contribution in [0.4, 0.5) is 0 Å². The Hall–Kier alpha value is -1.43. The Morgan fingerprint density at radius 2 is 2.24 bits per heavy atom. The van der Waals surface area contributed by atoms with Crippen LogP contribution < -0.4 is 11.1 Å². The number of nitrogens with zero attached hydrogens (tertiary/aromatic N) is 3. The molecule has 1 aromatic rings. The molecule has 1 atom stereocenters. The summed E-state index contributed by atoms with van der Waals surface area (Å²) >= 11 is 0. The Bertz CT molecular complexity index is 455. The van der Waals surface area contributed by atoms with Crippen LogP contribution in [0.15, 0.2) is 0 Å². The van der Waals surface area contributed by atoms with Crippen molar-refractivity contribution in [2.45, 2.75) is 70.9 Å². The Labute approximate surface area is 126 Å². The minimum absolute atomic E-state index is 0.0854. The standard InChI is InChI=1S/C15H27N5O/c1-12(16)8-9-15(21)17-10-5-7-14-19-18-13-6-3-2-4-11-20(13)14/h12H,2-11,16H2,1H3,(H,17,21). The van der Waals surface area contributed by atoms with E-state index in [0.29, 0.717) is 13.0 Å². The van der Waals surface area contributed by atoms with Crippen molar-refractivity contribution in [1.29, 1.82) is 0 Å². The molecule has 2 heterocycles. The van der Waals surface area contributed by atoms with Crippen molar-refractivity contribution in [3.63, 3.8) is 0 Å². The fourth-order valence-electron chi connectivity index (χ4n) is 2.65. The molecule has 6 nitrogen and oxygen atoms in total. The van der Waals surface area contributed by atoms with E-state index in [1.807, 2.05) is 6.92 Å². The molecule has 3 N–H and O–H groups in total. The van der Waals surface area contributed by atoms with Gasteiger partial charge in [0.05, 0.1) is 0 Å². The molecule has 1 unspecified atom stereocenters. The average molecular weight is 293 g/mol. The maximum absolute atomic E-state index is 11.6.